The molecule has 1 unspecified atom stereocenters. The Morgan fingerprint density at radius 3 is 2.88 bits per heavy atom. The van der Waals surface area contributed by atoms with Gasteiger partial charge in [0.1, 0.15) is 5.15 Å². The van der Waals surface area contributed by atoms with Crippen LogP contribution in [0.5, 0.6) is 0 Å². The highest BCUT2D eigenvalue weighted by Crippen LogP contribution is 2.28. The Balaban J connectivity index is 1.77. The molecule has 1 atom stereocenters. The molecule has 130 valence electrons. The fourth-order valence-corrected chi connectivity index (χ4v) is 3.15. The first kappa shape index (κ1) is 17.4. The summed E-state index contributed by atoms with van der Waals surface area (Å²) in [6.45, 7) is 2.45. The number of halogens is 1. The van der Waals surface area contributed by atoms with Gasteiger partial charge in [0.2, 0.25) is 0 Å². The van der Waals surface area contributed by atoms with Crippen molar-refractivity contribution in [2.24, 2.45) is 0 Å². The predicted octanol–water partition coefficient (Wildman–Crippen LogP) is 3.65. The number of aromatic nitrogens is 1. The van der Waals surface area contributed by atoms with Crippen molar-refractivity contribution in [2.45, 2.75) is 32.3 Å². The van der Waals surface area contributed by atoms with Gasteiger partial charge in [-0.3, -0.25) is 4.79 Å². The van der Waals surface area contributed by atoms with E-state index >= 15 is 0 Å². The molecule has 3 rings (SSSR count). The van der Waals surface area contributed by atoms with Crippen LogP contribution in [0.4, 0.5) is 5.69 Å². The Kier molecular flexibility index (Phi) is 5.34. The number of fused-ring (bicyclic) bond motifs is 1. The molecule has 0 fully saturated rings. The van der Waals surface area contributed by atoms with Gasteiger partial charge in [-0.15, -0.1) is 0 Å². The van der Waals surface area contributed by atoms with E-state index in [-0.39, 0.29) is 16.6 Å². The quantitative estimate of drug-likeness (QED) is 0.618. The van der Waals surface area contributed by atoms with Crippen LogP contribution in [0.2, 0.25) is 5.15 Å². The number of carbonyl (C=O) groups is 2. The van der Waals surface area contributed by atoms with Crippen molar-refractivity contribution in [3.8, 4) is 0 Å². The highest BCUT2D eigenvalue weighted by Gasteiger charge is 2.30. The van der Waals surface area contributed by atoms with Gasteiger partial charge in [-0.1, -0.05) is 36.7 Å². The lowest BCUT2D eigenvalue weighted by Crippen LogP contribution is -2.43. The molecule has 0 bridgehead atoms. The summed E-state index contributed by atoms with van der Waals surface area (Å²) in [5.41, 5.74) is 2.33. The molecule has 1 aromatic carbocycles. The van der Waals surface area contributed by atoms with Crippen LogP contribution in [0, 0.1) is 0 Å². The molecule has 0 saturated heterocycles. The molecule has 1 amide bonds. The van der Waals surface area contributed by atoms with Crippen LogP contribution >= 0.6 is 11.6 Å². The fourth-order valence-electron chi connectivity index (χ4n) is 2.97. The first-order valence-electron chi connectivity index (χ1n) is 8.32. The van der Waals surface area contributed by atoms with Crippen molar-refractivity contribution in [2.75, 3.05) is 11.4 Å². The van der Waals surface area contributed by atoms with E-state index in [1.54, 1.807) is 4.90 Å². The number of nitrogens with zero attached hydrogens (tertiary/aromatic N) is 2. The summed E-state index contributed by atoms with van der Waals surface area (Å²) < 4.78 is 5.45. The number of hydrogen-bond acceptors (Lipinski definition) is 4. The number of rotatable bonds is 4. The van der Waals surface area contributed by atoms with E-state index in [0.717, 1.165) is 24.1 Å². The monoisotopic (exact) mass is 358 g/mol. The number of carbonyl (C=O) groups excluding carboxylic acids is 2. The van der Waals surface area contributed by atoms with Crippen LogP contribution in [0.3, 0.4) is 0 Å². The Morgan fingerprint density at radius 1 is 1.32 bits per heavy atom. The minimum absolute atomic E-state index is 0.192. The predicted molar refractivity (Wildman–Crippen MR) is 95.9 cm³/mol. The summed E-state index contributed by atoms with van der Waals surface area (Å²) in [5.74, 6) is -0.766. The molecule has 5 nitrogen and oxygen atoms in total. The van der Waals surface area contributed by atoms with Crippen LogP contribution in [0.15, 0.2) is 42.6 Å². The number of hydrogen-bond donors (Lipinski definition) is 0. The smallest absolute Gasteiger partial charge is 0.339 e. The van der Waals surface area contributed by atoms with Gasteiger partial charge in [0, 0.05) is 18.4 Å². The van der Waals surface area contributed by atoms with Gasteiger partial charge in [0.05, 0.1) is 5.56 Å². The lowest BCUT2D eigenvalue weighted by molar-refractivity contribution is -0.127. The molecule has 1 aliphatic heterocycles. The number of benzene rings is 1. The van der Waals surface area contributed by atoms with E-state index in [0.29, 0.717) is 13.0 Å². The molecular formula is C19H19ClN2O3. The molecule has 0 saturated carbocycles. The SMILES string of the molecule is CCC(OC(=O)c1ccnc(Cl)c1)C(=O)N1CCCc2ccccc21. The van der Waals surface area contributed by atoms with E-state index in [1.807, 2.05) is 31.2 Å². The van der Waals surface area contributed by atoms with Crippen LogP contribution in [-0.4, -0.2) is 29.5 Å². The Hall–Kier alpha value is -2.40. The molecule has 1 aromatic heterocycles. The largest absolute Gasteiger partial charge is 0.449 e. The first-order chi connectivity index (χ1) is 12.1. The summed E-state index contributed by atoms with van der Waals surface area (Å²) in [5, 5.41) is 0.207. The standard InChI is InChI=1S/C19H19ClN2O3/c1-2-16(25-19(24)14-9-10-21-17(20)12-14)18(23)22-11-5-7-13-6-3-4-8-15(13)22/h3-4,6,8-10,12,16H,2,5,7,11H2,1H3. The van der Waals surface area contributed by atoms with E-state index in [2.05, 4.69) is 4.98 Å². The first-order valence-corrected chi connectivity index (χ1v) is 8.69. The summed E-state index contributed by atoms with van der Waals surface area (Å²) in [4.78, 5) is 30.8. The maximum atomic E-state index is 12.9. The Bertz CT molecular complexity index is 794. The number of pyridine rings is 1. The molecule has 1 aliphatic rings. The topological polar surface area (TPSA) is 59.5 Å². The van der Waals surface area contributed by atoms with Crippen molar-refractivity contribution < 1.29 is 14.3 Å². The van der Waals surface area contributed by atoms with Crippen LogP contribution in [0.25, 0.3) is 0 Å². The summed E-state index contributed by atoms with van der Waals surface area (Å²) in [6, 6.07) is 10.8. The molecule has 2 aromatic rings. The average molecular weight is 359 g/mol. The number of esters is 1. The average Bonchev–Trinajstić information content (AvgIpc) is 2.65. The third-order valence-electron chi connectivity index (χ3n) is 4.23. The van der Waals surface area contributed by atoms with E-state index in [4.69, 9.17) is 16.3 Å². The number of ether oxygens (including phenoxy) is 1. The molecule has 6 heteroatoms. The summed E-state index contributed by atoms with van der Waals surface area (Å²) in [6.07, 6.45) is 2.86. The minimum atomic E-state index is -0.828. The van der Waals surface area contributed by atoms with Crippen molar-refractivity contribution in [3.63, 3.8) is 0 Å². The molecule has 0 aliphatic carbocycles. The summed E-state index contributed by atoms with van der Waals surface area (Å²) >= 11 is 5.81. The van der Waals surface area contributed by atoms with Crippen LogP contribution < -0.4 is 4.90 Å². The normalized spacial score (nSPS) is 14.6. The Labute approximate surface area is 151 Å². The molecule has 0 N–H and O–H groups in total. The number of amides is 1. The van der Waals surface area contributed by atoms with Crippen molar-refractivity contribution in [3.05, 3.63) is 58.9 Å². The second kappa shape index (κ2) is 7.66. The zero-order valence-electron chi connectivity index (χ0n) is 13.9. The molecule has 2 heterocycles. The zero-order valence-corrected chi connectivity index (χ0v) is 14.7. The van der Waals surface area contributed by atoms with E-state index in [1.165, 1.54) is 18.3 Å². The lowest BCUT2D eigenvalue weighted by Gasteiger charge is -2.31. The highest BCUT2D eigenvalue weighted by atomic mass is 35.5. The third kappa shape index (κ3) is 3.82. The van der Waals surface area contributed by atoms with Crippen LogP contribution in [-0.2, 0) is 16.0 Å². The number of aryl methyl sites for hydroxylation is 1. The maximum Gasteiger partial charge on any atom is 0.339 e. The number of anilines is 1. The summed E-state index contributed by atoms with van der Waals surface area (Å²) in [7, 11) is 0. The van der Waals surface area contributed by atoms with Gasteiger partial charge in [-0.2, -0.15) is 0 Å². The van der Waals surface area contributed by atoms with Crippen LogP contribution in [0.1, 0.15) is 35.7 Å². The zero-order chi connectivity index (χ0) is 17.8. The number of para-hydroxylation sites is 1. The van der Waals surface area contributed by atoms with Crippen molar-refractivity contribution in [1.82, 2.24) is 4.98 Å². The molecule has 0 radical (unpaired) electrons. The fraction of sp³-hybridized carbons (Fsp3) is 0.316. The third-order valence-corrected chi connectivity index (χ3v) is 4.44. The molecule has 25 heavy (non-hydrogen) atoms. The second-order valence-corrected chi connectivity index (χ2v) is 6.28. The minimum Gasteiger partial charge on any atom is -0.449 e. The molecule has 0 spiro atoms. The molecular weight excluding hydrogens is 340 g/mol. The van der Waals surface area contributed by atoms with E-state index < -0.39 is 12.1 Å². The van der Waals surface area contributed by atoms with Gasteiger partial charge >= 0.3 is 5.97 Å². The van der Waals surface area contributed by atoms with Crippen molar-refractivity contribution >= 4 is 29.2 Å². The van der Waals surface area contributed by atoms with Gasteiger partial charge in [-0.25, -0.2) is 9.78 Å². The second-order valence-electron chi connectivity index (χ2n) is 5.89. The maximum absolute atomic E-state index is 12.9. The van der Waals surface area contributed by atoms with Gasteiger partial charge < -0.3 is 9.64 Å². The van der Waals surface area contributed by atoms with Gasteiger partial charge in [0.25, 0.3) is 5.91 Å². The highest BCUT2D eigenvalue weighted by molar-refractivity contribution is 6.29. The lowest BCUT2D eigenvalue weighted by atomic mass is 10.0. The van der Waals surface area contributed by atoms with Crippen molar-refractivity contribution in [1.29, 1.82) is 0 Å². The van der Waals surface area contributed by atoms with Gasteiger partial charge in [-0.05, 0) is 43.0 Å². The van der Waals surface area contributed by atoms with E-state index in [9.17, 15) is 9.59 Å². The van der Waals surface area contributed by atoms with Gasteiger partial charge in [0.15, 0.2) is 6.10 Å². The Morgan fingerprint density at radius 2 is 2.12 bits per heavy atom.